The van der Waals surface area contributed by atoms with Crippen molar-refractivity contribution in [1.82, 2.24) is 9.55 Å². The molecule has 0 aliphatic rings. The molecule has 1 aromatic heterocycles. The van der Waals surface area contributed by atoms with Crippen LogP contribution in [0.4, 0.5) is 0 Å². The number of hydrogen-bond acceptors (Lipinski definition) is 1. The Balaban J connectivity index is 1.42. The standard InChI is InChI=1S/C37H25BrN2/c1-3-33-34(4-2)40(28-12-6-5-7-13-28)37(39-33)27-21-19-24-22-26(20-18-25(24)23-27)35-29-14-8-10-16-31(29)36(38)32-17-11-9-15-30(32)35/h3-23H,1-2H2. The van der Waals surface area contributed by atoms with Gasteiger partial charge in [-0.05, 0) is 95.8 Å². The maximum Gasteiger partial charge on any atom is 0.145 e. The van der Waals surface area contributed by atoms with Gasteiger partial charge in [-0.15, -0.1) is 0 Å². The third kappa shape index (κ3) is 3.82. The number of para-hydroxylation sites is 1. The molecule has 0 aliphatic heterocycles. The van der Waals surface area contributed by atoms with Crippen molar-refractivity contribution < 1.29 is 0 Å². The lowest BCUT2D eigenvalue weighted by Crippen LogP contribution is -1.99. The van der Waals surface area contributed by atoms with E-state index in [0.717, 1.165) is 38.3 Å². The van der Waals surface area contributed by atoms with Crippen LogP contribution in [-0.4, -0.2) is 9.55 Å². The van der Waals surface area contributed by atoms with Gasteiger partial charge in [-0.3, -0.25) is 4.57 Å². The molecule has 190 valence electrons. The molecule has 40 heavy (non-hydrogen) atoms. The van der Waals surface area contributed by atoms with Gasteiger partial charge in [0.05, 0.1) is 11.4 Å². The fraction of sp³-hybridized carbons (Fsp3) is 0. The van der Waals surface area contributed by atoms with Crippen molar-refractivity contribution >= 4 is 60.4 Å². The zero-order valence-corrected chi connectivity index (χ0v) is 23.4. The summed E-state index contributed by atoms with van der Waals surface area (Å²) >= 11 is 3.88. The van der Waals surface area contributed by atoms with Gasteiger partial charge in [-0.1, -0.05) is 104 Å². The predicted octanol–water partition coefficient (Wildman–Crippen LogP) is 10.7. The van der Waals surface area contributed by atoms with E-state index >= 15 is 0 Å². The smallest absolute Gasteiger partial charge is 0.145 e. The maximum absolute atomic E-state index is 4.96. The molecule has 0 amide bonds. The lowest BCUT2D eigenvalue weighted by molar-refractivity contribution is 1.05. The molecule has 0 N–H and O–H groups in total. The summed E-state index contributed by atoms with van der Waals surface area (Å²) in [4.78, 5) is 4.96. The van der Waals surface area contributed by atoms with Crippen molar-refractivity contribution in [3.8, 4) is 28.2 Å². The first-order valence-corrected chi connectivity index (χ1v) is 14.0. The largest absolute Gasteiger partial charge is 0.292 e. The monoisotopic (exact) mass is 576 g/mol. The fourth-order valence-corrected chi connectivity index (χ4v) is 6.45. The summed E-state index contributed by atoms with van der Waals surface area (Å²) in [6.45, 7) is 8.05. The highest BCUT2D eigenvalue weighted by molar-refractivity contribution is 9.10. The molecule has 7 aromatic rings. The van der Waals surface area contributed by atoms with Crippen molar-refractivity contribution in [2.75, 3.05) is 0 Å². The number of imidazole rings is 1. The van der Waals surface area contributed by atoms with Crippen LogP contribution in [0.1, 0.15) is 11.4 Å². The van der Waals surface area contributed by atoms with Crippen molar-refractivity contribution in [2.24, 2.45) is 0 Å². The van der Waals surface area contributed by atoms with Crippen molar-refractivity contribution in [1.29, 1.82) is 0 Å². The van der Waals surface area contributed by atoms with Gasteiger partial charge < -0.3 is 0 Å². The highest BCUT2D eigenvalue weighted by Gasteiger charge is 2.18. The van der Waals surface area contributed by atoms with Crippen LogP contribution in [-0.2, 0) is 0 Å². The van der Waals surface area contributed by atoms with Gasteiger partial charge in [-0.25, -0.2) is 4.98 Å². The van der Waals surface area contributed by atoms with E-state index in [2.05, 4.69) is 131 Å². The summed E-state index contributed by atoms with van der Waals surface area (Å²) in [5.41, 5.74) is 6.29. The van der Waals surface area contributed by atoms with Crippen LogP contribution < -0.4 is 0 Å². The van der Waals surface area contributed by atoms with Crippen LogP contribution in [0.5, 0.6) is 0 Å². The number of nitrogens with zero attached hydrogens (tertiary/aromatic N) is 2. The maximum atomic E-state index is 4.96. The summed E-state index contributed by atoms with van der Waals surface area (Å²) < 4.78 is 3.29. The van der Waals surface area contributed by atoms with Gasteiger partial charge >= 0.3 is 0 Å². The molecular weight excluding hydrogens is 552 g/mol. The molecule has 0 saturated carbocycles. The molecule has 1 heterocycles. The molecule has 0 radical (unpaired) electrons. The van der Waals surface area contributed by atoms with Gasteiger partial charge in [0.25, 0.3) is 0 Å². The quantitative estimate of drug-likeness (QED) is 0.186. The molecule has 0 bridgehead atoms. The van der Waals surface area contributed by atoms with E-state index < -0.39 is 0 Å². The average molecular weight is 578 g/mol. The molecule has 6 aromatic carbocycles. The van der Waals surface area contributed by atoms with Crippen LogP contribution in [0.2, 0.25) is 0 Å². The highest BCUT2D eigenvalue weighted by Crippen LogP contribution is 2.42. The third-order valence-corrected chi connectivity index (χ3v) is 8.45. The molecular formula is C37H25BrN2. The van der Waals surface area contributed by atoms with Crippen LogP contribution >= 0.6 is 15.9 Å². The Morgan fingerprint density at radius 2 is 1.15 bits per heavy atom. The topological polar surface area (TPSA) is 17.8 Å². The fourth-order valence-electron chi connectivity index (χ4n) is 5.75. The number of fused-ring (bicyclic) bond motifs is 3. The lowest BCUT2D eigenvalue weighted by Gasteiger charge is -2.15. The summed E-state index contributed by atoms with van der Waals surface area (Å²) in [7, 11) is 0. The Morgan fingerprint density at radius 1 is 0.600 bits per heavy atom. The number of rotatable bonds is 5. The molecule has 0 saturated heterocycles. The second-order valence-corrected chi connectivity index (χ2v) is 10.6. The van der Waals surface area contributed by atoms with E-state index in [-0.39, 0.29) is 0 Å². The van der Waals surface area contributed by atoms with E-state index in [9.17, 15) is 0 Å². The summed E-state index contributed by atoms with van der Waals surface area (Å²) in [5.74, 6) is 0.867. The van der Waals surface area contributed by atoms with Gasteiger partial charge in [0.2, 0.25) is 0 Å². The first kappa shape index (κ1) is 24.3. The molecule has 2 nitrogen and oxygen atoms in total. The summed E-state index contributed by atoms with van der Waals surface area (Å²) in [5, 5.41) is 7.26. The molecule has 0 atom stereocenters. The van der Waals surface area contributed by atoms with Crippen molar-refractivity contribution in [3.05, 3.63) is 144 Å². The van der Waals surface area contributed by atoms with Gasteiger partial charge in [0.15, 0.2) is 0 Å². The highest BCUT2D eigenvalue weighted by atomic mass is 79.9. The minimum Gasteiger partial charge on any atom is -0.292 e. The minimum absolute atomic E-state index is 0.818. The molecule has 0 aliphatic carbocycles. The van der Waals surface area contributed by atoms with Gasteiger partial charge in [-0.2, -0.15) is 0 Å². The van der Waals surface area contributed by atoms with E-state index in [1.165, 1.54) is 38.1 Å². The minimum atomic E-state index is 0.818. The average Bonchev–Trinajstić information content (AvgIpc) is 3.40. The van der Waals surface area contributed by atoms with E-state index in [1.54, 1.807) is 6.08 Å². The zero-order chi connectivity index (χ0) is 27.2. The van der Waals surface area contributed by atoms with Crippen molar-refractivity contribution in [2.45, 2.75) is 0 Å². The third-order valence-electron chi connectivity index (χ3n) is 7.60. The summed E-state index contributed by atoms with van der Waals surface area (Å²) in [6.07, 6.45) is 3.64. The van der Waals surface area contributed by atoms with Crippen LogP contribution in [0.25, 0.3) is 72.7 Å². The van der Waals surface area contributed by atoms with E-state index in [0.29, 0.717) is 0 Å². The number of hydrogen-bond donors (Lipinski definition) is 0. The number of halogens is 1. The first-order chi connectivity index (χ1) is 19.7. The van der Waals surface area contributed by atoms with Gasteiger partial charge in [0.1, 0.15) is 5.82 Å². The lowest BCUT2D eigenvalue weighted by atomic mass is 9.91. The Morgan fingerprint density at radius 3 is 1.75 bits per heavy atom. The predicted molar refractivity (Wildman–Crippen MR) is 175 cm³/mol. The second-order valence-electron chi connectivity index (χ2n) is 9.84. The Labute approximate surface area is 241 Å². The number of aromatic nitrogens is 2. The first-order valence-electron chi connectivity index (χ1n) is 13.2. The Kier molecular flexibility index (Phi) is 5.95. The normalized spacial score (nSPS) is 11.3. The van der Waals surface area contributed by atoms with Crippen LogP contribution in [0.3, 0.4) is 0 Å². The van der Waals surface area contributed by atoms with Gasteiger partial charge in [0, 0.05) is 15.7 Å². The molecule has 3 heteroatoms. The zero-order valence-electron chi connectivity index (χ0n) is 21.8. The van der Waals surface area contributed by atoms with Crippen LogP contribution in [0.15, 0.2) is 133 Å². The van der Waals surface area contributed by atoms with E-state index in [4.69, 9.17) is 4.98 Å². The second kappa shape index (κ2) is 9.78. The molecule has 7 rings (SSSR count). The Hall–Kier alpha value is -4.73. The molecule has 0 spiro atoms. The Bertz CT molecular complexity index is 2040. The van der Waals surface area contributed by atoms with Crippen LogP contribution in [0, 0.1) is 0 Å². The SMILES string of the molecule is C=Cc1nc(-c2ccc3cc(-c4c5ccccc5c(Br)c5ccccc45)ccc3c2)n(-c2ccccc2)c1C=C. The number of benzene rings is 6. The summed E-state index contributed by atoms with van der Waals surface area (Å²) in [6, 6.07) is 40.8. The molecule has 0 unspecified atom stereocenters. The molecule has 0 fully saturated rings. The van der Waals surface area contributed by atoms with Crippen molar-refractivity contribution in [3.63, 3.8) is 0 Å². The van der Waals surface area contributed by atoms with E-state index in [1.807, 2.05) is 24.3 Å².